The number of alkyl halides is 1. The summed E-state index contributed by atoms with van der Waals surface area (Å²) in [7, 11) is 0. The van der Waals surface area contributed by atoms with E-state index in [0.29, 0.717) is 23.9 Å². The summed E-state index contributed by atoms with van der Waals surface area (Å²) in [5.74, 6) is 0.235. The van der Waals surface area contributed by atoms with Crippen LogP contribution in [-0.2, 0) is 0 Å². The SMILES string of the molecule is CC1CCN(C(=O)c2ccc([N+](=O)[O-])s2)CC1Cl. The highest BCUT2D eigenvalue weighted by Crippen LogP contribution is 2.28. The van der Waals surface area contributed by atoms with Crippen molar-refractivity contribution in [1.82, 2.24) is 4.90 Å². The number of carbonyl (C=O) groups is 1. The third kappa shape index (κ3) is 2.64. The average molecular weight is 289 g/mol. The summed E-state index contributed by atoms with van der Waals surface area (Å²) in [5, 5.41) is 10.5. The van der Waals surface area contributed by atoms with Crippen LogP contribution >= 0.6 is 22.9 Å². The lowest BCUT2D eigenvalue weighted by Crippen LogP contribution is -2.43. The first-order valence-electron chi connectivity index (χ1n) is 5.66. The number of amides is 1. The zero-order valence-electron chi connectivity index (χ0n) is 9.84. The van der Waals surface area contributed by atoms with E-state index in [2.05, 4.69) is 6.92 Å². The quantitative estimate of drug-likeness (QED) is 0.477. The summed E-state index contributed by atoms with van der Waals surface area (Å²) >= 11 is 7.06. The van der Waals surface area contributed by atoms with Crippen LogP contribution in [0, 0.1) is 16.0 Å². The van der Waals surface area contributed by atoms with Gasteiger partial charge in [-0.2, -0.15) is 0 Å². The standard InChI is InChI=1S/C11H13ClN2O3S/c1-7-4-5-13(6-8(7)12)11(15)9-2-3-10(18-9)14(16)17/h2-3,7-8H,4-6H2,1H3. The number of piperidine rings is 1. The Morgan fingerprint density at radius 1 is 1.61 bits per heavy atom. The van der Waals surface area contributed by atoms with Crippen LogP contribution in [0.1, 0.15) is 23.0 Å². The summed E-state index contributed by atoms with van der Waals surface area (Å²) in [4.78, 5) is 24.3. The highest BCUT2D eigenvalue weighted by atomic mass is 35.5. The maximum Gasteiger partial charge on any atom is 0.324 e. The fourth-order valence-corrected chi connectivity index (χ4v) is 2.98. The third-order valence-corrected chi connectivity index (χ3v) is 4.73. The fourth-order valence-electron chi connectivity index (χ4n) is 1.90. The normalized spacial score (nSPS) is 24.0. The molecule has 0 bridgehead atoms. The highest BCUT2D eigenvalue weighted by Gasteiger charge is 2.29. The Bertz CT molecular complexity index is 477. The zero-order valence-corrected chi connectivity index (χ0v) is 11.4. The van der Waals surface area contributed by atoms with Crippen LogP contribution in [0.3, 0.4) is 0 Å². The molecule has 2 heterocycles. The van der Waals surface area contributed by atoms with Crippen molar-refractivity contribution in [3.05, 3.63) is 27.1 Å². The van der Waals surface area contributed by atoms with Gasteiger partial charge >= 0.3 is 5.00 Å². The molecule has 0 spiro atoms. The first kappa shape index (κ1) is 13.3. The van der Waals surface area contributed by atoms with Gasteiger partial charge in [-0.25, -0.2) is 0 Å². The van der Waals surface area contributed by atoms with Gasteiger partial charge in [0.25, 0.3) is 5.91 Å². The van der Waals surface area contributed by atoms with E-state index in [1.54, 1.807) is 4.90 Å². The van der Waals surface area contributed by atoms with Gasteiger partial charge in [-0.05, 0) is 18.4 Å². The van der Waals surface area contributed by atoms with Gasteiger partial charge in [0.1, 0.15) is 0 Å². The summed E-state index contributed by atoms with van der Waals surface area (Å²) in [6.07, 6.45) is 0.868. The van der Waals surface area contributed by atoms with E-state index < -0.39 is 4.92 Å². The first-order chi connectivity index (χ1) is 8.49. The monoisotopic (exact) mass is 288 g/mol. The molecule has 2 atom stereocenters. The van der Waals surface area contributed by atoms with E-state index in [1.807, 2.05) is 0 Å². The smallest absolute Gasteiger partial charge is 0.324 e. The van der Waals surface area contributed by atoms with E-state index in [-0.39, 0.29) is 16.3 Å². The van der Waals surface area contributed by atoms with Crippen molar-refractivity contribution in [2.45, 2.75) is 18.7 Å². The van der Waals surface area contributed by atoms with E-state index >= 15 is 0 Å². The van der Waals surface area contributed by atoms with Gasteiger partial charge in [0.05, 0.1) is 15.2 Å². The molecular weight excluding hydrogens is 276 g/mol. The number of hydrogen-bond donors (Lipinski definition) is 0. The lowest BCUT2D eigenvalue weighted by Gasteiger charge is -2.33. The molecule has 1 aromatic rings. The molecule has 5 nitrogen and oxygen atoms in total. The molecule has 1 saturated heterocycles. The van der Waals surface area contributed by atoms with Crippen LogP contribution in [0.15, 0.2) is 12.1 Å². The number of thiophene rings is 1. The molecule has 0 N–H and O–H groups in total. The van der Waals surface area contributed by atoms with Crippen molar-refractivity contribution in [2.75, 3.05) is 13.1 Å². The van der Waals surface area contributed by atoms with Gasteiger partial charge < -0.3 is 4.90 Å². The molecule has 0 aliphatic carbocycles. The van der Waals surface area contributed by atoms with E-state index in [0.717, 1.165) is 17.8 Å². The number of hydrogen-bond acceptors (Lipinski definition) is 4. The molecule has 0 saturated carbocycles. The molecule has 98 valence electrons. The Balaban J connectivity index is 2.09. The van der Waals surface area contributed by atoms with Gasteiger partial charge in [0.2, 0.25) is 0 Å². The Labute approximate surface area is 113 Å². The Morgan fingerprint density at radius 3 is 2.89 bits per heavy atom. The molecule has 2 unspecified atom stereocenters. The Morgan fingerprint density at radius 2 is 2.33 bits per heavy atom. The second-order valence-electron chi connectivity index (χ2n) is 4.43. The molecular formula is C11H13ClN2O3S. The number of halogens is 1. The molecule has 1 aliphatic heterocycles. The van der Waals surface area contributed by atoms with Crippen LogP contribution in [0.25, 0.3) is 0 Å². The van der Waals surface area contributed by atoms with Crippen molar-refractivity contribution < 1.29 is 9.72 Å². The molecule has 1 amide bonds. The van der Waals surface area contributed by atoms with Crippen LogP contribution in [-0.4, -0.2) is 34.2 Å². The average Bonchev–Trinajstić information content (AvgIpc) is 2.81. The van der Waals surface area contributed by atoms with Crippen molar-refractivity contribution in [3.63, 3.8) is 0 Å². The van der Waals surface area contributed by atoms with Crippen LogP contribution in [0.2, 0.25) is 0 Å². The highest BCUT2D eigenvalue weighted by molar-refractivity contribution is 7.17. The minimum Gasteiger partial charge on any atom is -0.336 e. The molecule has 2 rings (SSSR count). The maximum atomic E-state index is 12.1. The van der Waals surface area contributed by atoms with Crippen LogP contribution < -0.4 is 0 Å². The number of nitro groups is 1. The number of nitrogens with zero attached hydrogens (tertiary/aromatic N) is 2. The van der Waals surface area contributed by atoms with Crippen LogP contribution in [0.4, 0.5) is 5.00 Å². The maximum absolute atomic E-state index is 12.1. The van der Waals surface area contributed by atoms with Crippen molar-refractivity contribution in [2.24, 2.45) is 5.92 Å². The predicted molar refractivity (Wildman–Crippen MR) is 70.3 cm³/mol. The summed E-state index contributed by atoms with van der Waals surface area (Å²) in [5.41, 5.74) is 0. The Hall–Kier alpha value is -1.14. The third-order valence-electron chi connectivity index (χ3n) is 3.14. The number of carbonyl (C=O) groups excluding carboxylic acids is 1. The molecule has 0 aromatic carbocycles. The summed E-state index contributed by atoms with van der Waals surface area (Å²) in [6, 6.07) is 2.87. The second-order valence-corrected chi connectivity index (χ2v) is 6.05. The predicted octanol–water partition coefficient (Wildman–Crippen LogP) is 2.75. The first-order valence-corrected chi connectivity index (χ1v) is 6.92. The van der Waals surface area contributed by atoms with Gasteiger partial charge in [-0.1, -0.05) is 18.3 Å². The topological polar surface area (TPSA) is 63.5 Å². The van der Waals surface area contributed by atoms with E-state index in [1.165, 1.54) is 12.1 Å². The van der Waals surface area contributed by atoms with Crippen molar-refractivity contribution in [3.8, 4) is 0 Å². The largest absolute Gasteiger partial charge is 0.336 e. The van der Waals surface area contributed by atoms with E-state index in [4.69, 9.17) is 11.6 Å². The molecule has 18 heavy (non-hydrogen) atoms. The molecule has 1 fully saturated rings. The molecule has 1 aromatic heterocycles. The van der Waals surface area contributed by atoms with Gasteiger partial charge in [0, 0.05) is 19.2 Å². The van der Waals surface area contributed by atoms with E-state index in [9.17, 15) is 14.9 Å². The number of rotatable bonds is 2. The van der Waals surface area contributed by atoms with Gasteiger partial charge in [0.15, 0.2) is 0 Å². The second kappa shape index (κ2) is 5.24. The summed E-state index contributed by atoms with van der Waals surface area (Å²) < 4.78 is 0. The van der Waals surface area contributed by atoms with Crippen molar-refractivity contribution in [1.29, 1.82) is 0 Å². The fraction of sp³-hybridized carbons (Fsp3) is 0.545. The number of likely N-dealkylation sites (tertiary alicyclic amines) is 1. The lowest BCUT2D eigenvalue weighted by atomic mass is 9.98. The molecule has 7 heteroatoms. The van der Waals surface area contributed by atoms with Gasteiger partial charge in [-0.3, -0.25) is 14.9 Å². The lowest BCUT2D eigenvalue weighted by molar-refractivity contribution is -0.380. The molecule has 1 aliphatic rings. The van der Waals surface area contributed by atoms with Gasteiger partial charge in [-0.15, -0.1) is 11.6 Å². The molecule has 0 radical (unpaired) electrons. The minimum absolute atomic E-state index is 0.00819. The van der Waals surface area contributed by atoms with Crippen molar-refractivity contribution >= 4 is 33.8 Å². The van der Waals surface area contributed by atoms with Crippen LogP contribution in [0.5, 0.6) is 0 Å². The zero-order chi connectivity index (χ0) is 13.3. The minimum atomic E-state index is -0.482. The summed E-state index contributed by atoms with van der Waals surface area (Å²) in [6.45, 7) is 3.23. The Kier molecular flexibility index (Phi) is 3.87.